The molecule has 1 aromatic rings. The van der Waals surface area contributed by atoms with E-state index in [4.69, 9.17) is 9.47 Å². The fraction of sp³-hybridized carbons (Fsp3) is 0.733. The first-order valence-electron chi connectivity index (χ1n) is 7.69. The summed E-state index contributed by atoms with van der Waals surface area (Å²) in [6.45, 7) is 3.01. The van der Waals surface area contributed by atoms with Crippen LogP contribution in [0.5, 0.6) is 5.88 Å². The predicted octanol–water partition coefficient (Wildman–Crippen LogP) is 1.83. The minimum absolute atomic E-state index is 0.307. The second kappa shape index (κ2) is 5.41. The predicted molar refractivity (Wildman–Crippen MR) is 80.7 cm³/mol. The maximum absolute atomic E-state index is 6.25. The monoisotopic (exact) mass is 307 g/mol. The Hall–Kier alpha value is -0.850. The summed E-state index contributed by atoms with van der Waals surface area (Å²) in [6.07, 6.45) is 7.78. The van der Waals surface area contributed by atoms with E-state index in [2.05, 4.69) is 14.9 Å². The van der Waals surface area contributed by atoms with Crippen molar-refractivity contribution >= 4 is 11.8 Å². The zero-order chi connectivity index (χ0) is 14.3. The molecule has 1 spiro atoms. The second-order valence-electron chi connectivity index (χ2n) is 6.09. The minimum Gasteiger partial charge on any atom is -0.469 e. The van der Waals surface area contributed by atoms with Gasteiger partial charge in [-0.1, -0.05) is 11.8 Å². The van der Waals surface area contributed by atoms with E-state index >= 15 is 0 Å². The van der Waals surface area contributed by atoms with Crippen LogP contribution in [0.4, 0.5) is 0 Å². The Kier molecular flexibility index (Phi) is 3.55. The topological polar surface area (TPSA) is 47.5 Å². The van der Waals surface area contributed by atoms with Crippen molar-refractivity contribution in [3.63, 3.8) is 0 Å². The van der Waals surface area contributed by atoms with Crippen molar-refractivity contribution in [2.24, 2.45) is 5.92 Å². The third-order valence-corrected chi connectivity index (χ3v) is 5.97. The molecule has 1 aliphatic carbocycles. The van der Waals surface area contributed by atoms with Crippen LogP contribution in [-0.4, -0.2) is 59.1 Å². The van der Waals surface area contributed by atoms with E-state index < -0.39 is 0 Å². The fourth-order valence-corrected chi connectivity index (χ4v) is 4.71. The van der Waals surface area contributed by atoms with Gasteiger partial charge in [0.25, 0.3) is 0 Å². The van der Waals surface area contributed by atoms with Crippen LogP contribution in [0.25, 0.3) is 0 Å². The van der Waals surface area contributed by atoms with Crippen LogP contribution in [0.3, 0.4) is 0 Å². The Morgan fingerprint density at radius 3 is 3.19 bits per heavy atom. The molecule has 0 radical (unpaired) electrons. The minimum atomic E-state index is 0.307. The van der Waals surface area contributed by atoms with Gasteiger partial charge in [-0.25, -0.2) is 9.97 Å². The molecule has 3 aliphatic rings. The highest BCUT2D eigenvalue weighted by molar-refractivity contribution is 7.99. The quantitative estimate of drug-likeness (QED) is 0.590. The van der Waals surface area contributed by atoms with Gasteiger partial charge >= 0.3 is 0 Å². The molecule has 114 valence electrons. The van der Waals surface area contributed by atoms with Crippen LogP contribution >= 0.6 is 11.8 Å². The van der Waals surface area contributed by atoms with Gasteiger partial charge in [-0.05, 0) is 31.7 Å². The molecule has 1 saturated carbocycles. The normalized spacial score (nSPS) is 33.8. The summed E-state index contributed by atoms with van der Waals surface area (Å²) in [7, 11) is 1.72. The highest BCUT2D eigenvalue weighted by atomic mass is 32.2. The van der Waals surface area contributed by atoms with Crippen molar-refractivity contribution in [1.82, 2.24) is 14.9 Å². The largest absolute Gasteiger partial charge is 0.469 e. The Balaban J connectivity index is 1.43. The molecule has 2 saturated heterocycles. The van der Waals surface area contributed by atoms with E-state index in [1.54, 1.807) is 31.3 Å². The molecule has 1 aromatic heterocycles. The van der Waals surface area contributed by atoms with E-state index in [0.29, 0.717) is 24.1 Å². The summed E-state index contributed by atoms with van der Waals surface area (Å²) in [5.74, 6) is 2.43. The van der Waals surface area contributed by atoms with Crippen molar-refractivity contribution in [1.29, 1.82) is 0 Å². The van der Waals surface area contributed by atoms with Crippen LogP contribution < -0.4 is 4.74 Å². The number of rotatable bonds is 6. The summed E-state index contributed by atoms with van der Waals surface area (Å²) < 4.78 is 11.3. The maximum Gasteiger partial charge on any atom is 0.247 e. The van der Waals surface area contributed by atoms with Gasteiger partial charge in [-0.2, -0.15) is 0 Å². The lowest BCUT2D eigenvalue weighted by Gasteiger charge is -2.51. The second-order valence-corrected chi connectivity index (χ2v) is 7.18. The molecule has 4 rings (SSSR count). The average Bonchev–Trinajstić information content (AvgIpc) is 3.26. The van der Waals surface area contributed by atoms with Gasteiger partial charge in [0.05, 0.1) is 12.1 Å². The van der Waals surface area contributed by atoms with E-state index in [-0.39, 0.29) is 0 Å². The van der Waals surface area contributed by atoms with Crippen molar-refractivity contribution in [2.45, 2.75) is 35.9 Å². The molecular weight excluding hydrogens is 286 g/mol. The van der Waals surface area contributed by atoms with Crippen LogP contribution in [-0.2, 0) is 4.74 Å². The van der Waals surface area contributed by atoms with E-state index in [9.17, 15) is 0 Å². The molecule has 0 amide bonds. The molecular formula is C15H21N3O2S. The van der Waals surface area contributed by atoms with Crippen molar-refractivity contribution < 1.29 is 9.47 Å². The first-order chi connectivity index (χ1) is 10.3. The average molecular weight is 307 g/mol. The van der Waals surface area contributed by atoms with Crippen LogP contribution in [0.1, 0.15) is 19.3 Å². The van der Waals surface area contributed by atoms with Crippen molar-refractivity contribution in [2.75, 3.05) is 32.6 Å². The Morgan fingerprint density at radius 1 is 1.43 bits per heavy atom. The number of methoxy groups -OCH3 is 1. The Morgan fingerprint density at radius 2 is 2.33 bits per heavy atom. The van der Waals surface area contributed by atoms with Gasteiger partial charge in [-0.15, -0.1) is 0 Å². The molecule has 5 nitrogen and oxygen atoms in total. The van der Waals surface area contributed by atoms with Gasteiger partial charge in [0.1, 0.15) is 6.10 Å². The third-order valence-electron chi connectivity index (χ3n) is 5.05. The lowest BCUT2D eigenvalue weighted by Crippen LogP contribution is -2.67. The highest BCUT2D eigenvalue weighted by Crippen LogP contribution is 2.61. The first-order valence-corrected chi connectivity index (χ1v) is 8.67. The number of hydrogen-bond donors (Lipinski definition) is 0. The van der Waals surface area contributed by atoms with Crippen LogP contribution in [0.2, 0.25) is 0 Å². The van der Waals surface area contributed by atoms with E-state index in [0.717, 1.165) is 23.2 Å². The van der Waals surface area contributed by atoms with Gasteiger partial charge in [0.15, 0.2) is 5.03 Å². The van der Waals surface area contributed by atoms with Crippen molar-refractivity contribution in [3.8, 4) is 5.88 Å². The zero-order valence-corrected chi connectivity index (χ0v) is 13.1. The van der Waals surface area contributed by atoms with Gasteiger partial charge in [0.2, 0.25) is 5.88 Å². The third kappa shape index (κ3) is 2.24. The zero-order valence-electron chi connectivity index (χ0n) is 12.3. The maximum atomic E-state index is 6.25. The molecule has 6 heteroatoms. The van der Waals surface area contributed by atoms with Gasteiger partial charge < -0.3 is 9.47 Å². The number of thioether (sulfide) groups is 1. The summed E-state index contributed by atoms with van der Waals surface area (Å²) in [5.41, 5.74) is 0.351. The fourth-order valence-electron chi connectivity index (χ4n) is 3.90. The standard InChI is InChI=1S/C15H21N3O2S/c1-19-7-8-21-14-13(16-4-5-17-14)20-12-10-18-6-2-3-11-9-15(11,12)18/h4-5,11-12H,2-3,6-10H2,1H3. The summed E-state index contributed by atoms with van der Waals surface area (Å²) >= 11 is 1.65. The van der Waals surface area contributed by atoms with Crippen LogP contribution in [0, 0.1) is 5.92 Å². The highest BCUT2D eigenvalue weighted by Gasteiger charge is 2.71. The number of piperidine rings is 1. The lowest BCUT2D eigenvalue weighted by atomic mass is 9.88. The molecule has 3 fully saturated rings. The molecule has 3 atom stereocenters. The van der Waals surface area contributed by atoms with Crippen molar-refractivity contribution in [3.05, 3.63) is 12.4 Å². The number of nitrogens with zero attached hydrogens (tertiary/aromatic N) is 3. The smallest absolute Gasteiger partial charge is 0.247 e. The molecule has 21 heavy (non-hydrogen) atoms. The molecule has 2 aliphatic heterocycles. The Labute approximate surface area is 129 Å². The lowest BCUT2D eigenvalue weighted by molar-refractivity contribution is -0.0878. The SMILES string of the molecule is COCCSc1nccnc1OC1CN2CCCC3CC312. The number of aromatic nitrogens is 2. The molecule has 3 heterocycles. The van der Waals surface area contributed by atoms with E-state index in [1.807, 2.05) is 0 Å². The number of hydrogen-bond acceptors (Lipinski definition) is 6. The summed E-state index contributed by atoms with van der Waals surface area (Å²) in [6, 6.07) is 0. The summed E-state index contributed by atoms with van der Waals surface area (Å²) in [4.78, 5) is 11.4. The molecule has 3 unspecified atom stereocenters. The van der Waals surface area contributed by atoms with Crippen LogP contribution in [0.15, 0.2) is 17.4 Å². The molecule has 0 bridgehead atoms. The molecule has 0 aromatic carbocycles. The number of ether oxygens (including phenoxy) is 2. The molecule has 0 N–H and O–H groups in total. The summed E-state index contributed by atoms with van der Waals surface area (Å²) in [5, 5.41) is 0.886. The Bertz CT molecular complexity index is 529. The van der Waals surface area contributed by atoms with E-state index in [1.165, 1.54) is 25.8 Å². The van der Waals surface area contributed by atoms with Gasteiger partial charge in [0, 0.05) is 31.8 Å². The van der Waals surface area contributed by atoms with Gasteiger partial charge in [-0.3, -0.25) is 4.90 Å². The first kappa shape index (κ1) is 13.8.